The maximum absolute atomic E-state index is 12.0. The van der Waals surface area contributed by atoms with E-state index < -0.39 is 5.97 Å². The fourth-order valence-corrected chi connectivity index (χ4v) is 2.28. The maximum Gasteiger partial charge on any atom is 0.350 e. The van der Waals surface area contributed by atoms with Crippen molar-refractivity contribution in [3.8, 4) is 0 Å². The first-order valence-corrected chi connectivity index (χ1v) is 5.86. The Balaban J connectivity index is 1.94. The van der Waals surface area contributed by atoms with E-state index in [1.807, 2.05) is 6.07 Å². The molecule has 18 heavy (non-hydrogen) atoms. The summed E-state index contributed by atoms with van der Waals surface area (Å²) >= 11 is 0. The van der Waals surface area contributed by atoms with Crippen molar-refractivity contribution in [2.24, 2.45) is 5.41 Å². The maximum atomic E-state index is 12.0. The van der Waals surface area contributed by atoms with Gasteiger partial charge in [0.25, 0.3) is 0 Å². The number of hydrogen-bond acceptors (Lipinski definition) is 3. The Labute approximate surface area is 102 Å². The molecule has 0 atom stereocenters. The van der Waals surface area contributed by atoms with E-state index in [2.05, 4.69) is 5.10 Å². The number of pyridine rings is 1. The van der Waals surface area contributed by atoms with E-state index in [9.17, 15) is 9.59 Å². The van der Waals surface area contributed by atoms with Gasteiger partial charge in [0.15, 0.2) is 5.65 Å². The zero-order chi connectivity index (χ0) is 12.8. The van der Waals surface area contributed by atoms with Gasteiger partial charge >= 0.3 is 11.7 Å². The van der Waals surface area contributed by atoms with Gasteiger partial charge < -0.3 is 5.11 Å². The van der Waals surface area contributed by atoms with Crippen LogP contribution in [0.5, 0.6) is 0 Å². The van der Waals surface area contributed by atoms with Crippen LogP contribution in [0.3, 0.4) is 0 Å². The number of nitrogens with zero attached hydrogens (tertiary/aromatic N) is 3. The number of carboxylic acids is 1. The van der Waals surface area contributed by atoms with Gasteiger partial charge in [0.05, 0.1) is 13.0 Å². The topological polar surface area (TPSA) is 76.6 Å². The summed E-state index contributed by atoms with van der Waals surface area (Å²) in [6.07, 6.45) is 3.46. The van der Waals surface area contributed by atoms with Gasteiger partial charge in [0.1, 0.15) is 0 Å². The molecule has 6 nitrogen and oxygen atoms in total. The minimum atomic E-state index is -0.815. The minimum absolute atomic E-state index is 0.104. The average molecular weight is 247 g/mol. The molecular formula is C12H13N3O3. The lowest BCUT2D eigenvalue weighted by Crippen LogP contribution is -2.26. The zero-order valence-electron chi connectivity index (χ0n) is 9.74. The van der Waals surface area contributed by atoms with Crippen LogP contribution in [0.25, 0.3) is 5.65 Å². The molecule has 0 aromatic carbocycles. The molecule has 0 spiro atoms. The lowest BCUT2D eigenvalue weighted by atomic mass is 10.0. The van der Waals surface area contributed by atoms with Gasteiger partial charge in [-0.2, -0.15) is 0 Å². The lowest BCUT2D eigenvalue weighted by Gasteiger charge is -2.10. The van der Waals surface area contributed by atoms with Crippen molar-refractivity contribution in [2.75, 3.05) is 0 Å². The van der Waals surface area contributed by atoms with E-state index in [4.69, 9.17) is 5.11 Å². The Morgan fingerprint density at radius 1 is 1.44 bits per heavy atom. The second-order valence-corrected chi connectivity index (χ2v) is 4.94. The van der Waals surface area contributed by atoms with Gasteiger partial charge in [-0.3, -0.25) is 9.20 Å². The summed E-state index contributed by atoms with van der Waals surface area (Å²) in [5.41, 5.74) is 0.115. The predicted molar refractivity (Wildman–Crippen MR) is 63.4 cm³/mol. The van der Waals surface area contributed by atoms with Crippen LogP contribution >= 0.6 is 0 Å². The predicted octanol–water partition coefficient (Wildman–Crippen LogP) is 0.751. The monoisotopic (exact) mass is 247 g/mol. The molecule has 94 valence electrons. The molecule has 2 aromatic heterocycles. The lowest BCUT2D eigenvalue weighted by molar-refractivity contribution is -0.138. The molecule has 1 aliphatic rings. The molecule has 0 bridgehead atoms. The van der Waals surface area contributed by atoms with E-state index in [1.54, 1.807) is 18.3 Å². The van der Waals surface area contributed by atoms with Gasteiger partial charge in [-0.25, -0.2) is 9.48 Å². The first kappa shape index (κ1) is 11.0. The SMILES string of the molecule is O=C(O)CC1(Cn2nc3ccccn3c2=O)CC1. The molecule has 6 heteroatoms. The second-order valence-electron chi connectivity index (χ2n) is 4.94. The molecule has 0 aliphatic heterocycles. The Morgan fingerprint density at radius 3 is 2.83 bits per heavy atom. The van der Waals surface area contributed by atoms with Crippen LogP contribution in [0.1, 0.15) is 19.3 Å². The zero-order valence-corrected chi connectivity index (χ0v) is 9.74. The molecule has 2 heterocycles. The quantitative estimate of drug-likeness (QED) is 0.865. The Kier molecular flexibility index (Phi) is 2.26. The van der Waals surface area contributed by atoms with E-state index in [1.165, 1.54) is 9.08 Å². The van der Waals surface area contributed by atoms with Crippen LogP contribution in [-0.4, -0.2) is 25.3 Å². The molecule has 0 radical (unpaired) electrons. The van der Waals surface area contributed by atoms with Crippen molar-refractivity contribution in [3.05, 3.63) is 34.9 Å². The minimum Gasteiger partial charge on any atom is -0.481 e. The number of fused-ring (bicyclic) bond motifs is 1. The normalized spacial score (nSPS) is 16.9. The summed E-state index contributed by atoms with van der Waals surface area (Å²) in [5.74, 6) is -0.815. The second kappa shape index (κ2) is 3.69. The van der Waals surface area contributed by atoms with Gasteiger partial charge in [-0.15, -0.1) is 5.10 Å². The fourth-order valence-electron chi connectivity index (χ4n) is 2.28. The molecule has 1 saturated carbocycles. The highest BCUT2D eigenvalue weighted by atomic mass is 16.4. The Hall–Kier alpha value is -2.11. The van der Waals surface area contributed by atoms with Crippen molar-refractivity contribution < 1.29 is 9.90 Å². The fraction of sp³-hybridized carbons (Fsp3) is 0.417. The summed E-state index contributed by atoms with van der Waals surface area (Å²) in [4.78, 5) is 22.8. The molecule has 0 unspecified atom stereocenters. The molecule has 1 aliphatic carbocycles. The Bertz CT molecular complexity index is 667. The third-order valence-electron chi connectivity index (χ3n) is 3.46. The van der Waals surface area contributed by atoms with Gasteiger partial charge in [0, 0.05) is 11.6 Å². The molecule has 3 rings (SSSR count). The third kappa shape index (κ3) is 1.79. The van der Waals surface area contributed by atoms with Gasteiger partial charge in [-0.05, 0) is 25.0 Å². The number of rotatable bonds is 4. The van der Waals surface area contributed by atoms with Crippen LogP contribution in [0.15, 0.2) is 29.2 Å². The van der Waals surface area contributed by atoms with Crippen LogP contribution in [0.4, 0.5) is 0 Å². The largest absolute Gasteiger partial charge is 0.481 e. The van der Waals surface area contributed by atoms with E-state index in [0.29, 0.717) is 12.2 Å². The van der Waals surface area contributed by atoms with Crippen molar-refractivity contribution in [3.63, 3.8) is 0 Å². The molecular weight excluding hydrogens is 234 g/mol. The first-order chi connectivity index (χ1) is 8.60. The van der Waals surface area contributed by atoms with Crippen LogP contribution in [0, 0.1) is 5.41 Å². The molecule has 0 saturated heterocycles. The van der Waals surface area contributed by atoms with E-state index in [-0.39, 0.29) is 17.5 Å². The first-order valence-electron chi connectivity index (χ1n) is 5.86. The molecule has 2 aromatic rings. The number of hydrogen-bond donors (Lipinski definition) is 1. The van der Waals surface area contributed by atoms with Crippen LogP contribution < -0.4 is 5.69 Å². The highest BCUT2D eigenvalue weighted by Crippen LogP contribution is 2.49. The summed E-state index contributed by atoms with van der Waals surface area (Å²) in [6.45, 7) is 0.389. The van der Waals surface area contributed by atoms with Gasteiger partial charge in [0.2, 0.25) is 0 Å². The highest BCUT2D eigenvalue weighted by molar-refractivity contribution is 5.68. The standard InChI is InChI=1S/C12H13N3O3/c16-10(17)7-12(4-5-12)8-15-11(18)14-6-2-1-3-9(14)13-15/h1-3,6H,4-5,7-8H2,(H,16,17). The Morgan fingerprint density at radius 2 is 2.22 bits per heavy atom. The van der Waals surface area contributed by atoms with Crippen LogP contribution in [0.2, 0.25) is 0 Å². The molecule has 0 amide bonds. The van der Waals surface area contributed by atoms with E-state index in [0.717, 1.165) is 12.8 Å². The smallest absolute Gasteiger partial charge is 0.350 e. The van der Waals surface area contributed by atoms with Gasteiger partial charge in [-0.1, -0.05) is 6.07 Å². The van der Waals surface area contributed by atoms with Crippen molar-refractivity contribution in [1.82, 2.24) is 14.2 Å². The van der Waals surface area contributed by atoms with Crippen molar-refractivity contribution in [2.45, 2.75) is 25.8 Å². The van der Waals surface area contributed by atoms with Crippen molar-refractivity contribution >= 4 is 11.6 Å². The molecule has 1 N–H and O–H groups in total. The number of carboxylic acid groups (broad SMARTS) is 1. The van der Waals surface area contributed by atoms with Crippen molar-refractivity contribution in [1.29, 1.82) is 0 Å². The summed E-state index contributed by atoms with van der Waals surface area (Å²) < 4.78 is 2.85. The summed E-state index contributed by atoms with van der Waals surface area (Å²) in [6, 6.07) is 5.34. The highest BCUT2D eigenvalue weighted by Gasteiger charge is 2.45. The molecule has 1 fully saturated rings. The van der Waals surface area contributed by atoms with Crippen LogP contribution in [-0.2, 0) is 11.3 Å². The number of carbonyl (C=O) groups is 1. The third-order valence-corrected chi connectivity index (χ3v) is 3.46. The number of aliphatic carboxylic acids is 1. The average Bonchev–Trinajstić information content (AvgIpc) is 2.99. The summed E-state index contributed by atoms with van der Waals surface area (Å²) in [7, 11) is 0. The number of aromatic nitrogens is 3. The summed E-state index contributed by atoms with van der Waals surface area (Å²) in [5, 5.41) is 13.1. The van der Waals surface area contributed by atoms with E-state index >= 15 is 0 Å².